The van der Waals surface area contributed by atoms with E-state index in [9.17, 15) is 4.79 Å². The summed E-state index contributed by atoms with van der Waals surface area (Å²) >= 11 is 0. The molecule has 2 atom stereocenters. The highest BCUT2D eigenvalue weighted by Gasteiger charge is 2.65. The molecular formula is C13H22O2Si. The fourth-order valence-corrected chi connectivity index (χ4v) is 2.21. The zero-order chi connectivity index (χ0) is 12.8. The topological polar surface area (TPSA) is 29.6 Å². The Hall–Kier alpha value is -0.593. The molecule has 0 N–H and O–H groups in total. The number of hydrogen-bond donors (Lipinski definition) is 0. The van der Waals surface area contributed by atoms with Crippen LogP contribution in [0.2, 0.25) is 19.6 Å². The number of ether oxygens (including phenoxy) is 1. The Kier molecular flexibility index (Phi) is 3.13. The molecule has 1 aliphatic heterocycles. The molecule has 0 aromatic rings. The number of carbonyl (C=O) groups is 1. The number of rotatable bonds is 1. The lowest BCUT2D eigenvalue weighted by Gasteiger charge is -2.23. The molecule has 1 aliphatic rings. The van der Waals surface area contributed by atoms with Gasteiger partial charge in [-0.1, -0.05) is 46.3 Å². The Morgan fingerprint density at radius 2 is 1.81 bits per heavy atom. The van der Waals surface area contributed by atoms with Crippen LogP contribution in [0.3, 0.4) is 0 Å². The third-order valence-electron chi connectivity index (χ3n) is 2.72. The Bertz CT molecular complexity index is 362. The van der Waals surface area contributed by atoms with Gasteiger partial charge in [0.1, 0.15) is 8.07 Å². The summed E-state index contributed by atoms with van der Waals surface area (Å²) in [5.41, 5.74) is 2.67. The van der Waals surface area contributed by atoms with Crippen LogP contribution in [0, 0.1) is 16.9 Å². The van der Waals surface area contributed by atoms with Crippen molar-refractivity contribution < 1.29 is 9.53 Å². The average Bonchev–Trinajstić information content (AvgIpc) is 2.73. The van der Waals surface area contributed by atoms with Gasteiger partial charge in [0.2, 0.25) is 0 Å². The van der Waals surface area contributed by atoms with Crippen LogP contribution in [0.1, 0.15) is 27.7 Å². The minimum atomic E-state index is -1.42. The normalized spacial score (nSPS) is 29.3. The van der Waals surface area contributed by atoms with Crippen LogP contribution >= 0.6 is 0 Å². The smallest absolute Gasteiger partial charge is 0.167 e. The standard InChI is InChI=1S/C13H22O2Si/c1-10(14)11-13(15-11,12(2,3)4)8-9-16(5,6)7/h11H,1-7H3/t11-,13+/m1/s1. The molecule has 0 aromatic heterocycles. The molecule has 0 spiro atoms. The number of ketones is 1. The lowest BCUT2D eigenvalue weighted by Crippen LogP contribution is -2.34. The molecule has 0 aliphatic carbocycles. The van der Waals surface area contributed by atoms with Crippen LogP contribution in [0.5, 0.6) is 0 Å². The summed E-state index contributed by atoms with van der Waals surface area (Å²) in [7, 11) is -1.42. The molecular weight excluding hydrogens is 216 g/mol. The second-order valence-electron chi connectivity index (χ2n) is 6.59. The third-order valence-corrected chi connectivity index (χ3v) is 3.60. The van der Waals surface area contributed by atoms with Gasteiger partial charge in [-0.2, -0.15) is 0 Å². The Balaban J connectivity index is 3.02. The molecule has 1 heterocycles. The van der Waals surface area contributed by atoms with Crippen molar-refractivity contribution in [2.24, 2.45) is 5.41 Å². The van der Waals surface area contributed by atoms with Crippen molar-refractivity contribution in [3.05, 3.63) is 0 Å². The second-order valence-corrected chi connectivity index (χ2v) is 11.3. The maximum atomic E-state index is 11.4. The molecule has 90 valence electrons. The van der Waals surface area contributed by atoms with Crippen molar-refractivity contribution in [2.75, 3.05) is 0 Å². The molecule has 0 aromatic carbocycles. The molecule has 0 unspecified atom stereocenters. The molecule has 1 rings (SSSR count). The van der Waals surface area contributed by atoms with Gasteiger partial charge in [0.15, 0.2) is 17.5 Å². The van der Waals surface area contributed by atoms with E-state index in [4.69, 9.17) is 4.74 Å². The summed E-state index contributed by atoms with van der Waals surface area (Å²) in [5.74, 6) is 3.33. The van der Waals surface area contributed by atoms with E-state index >= 15 is 0 Å². The third kappa shape index (κ3) is 2.56. The first kappa shape index (κ1) is 13.5. The minimum absolute atomic E-state index is 0.0831. The summed E-state index contributed by atoms with van der Waals surface area (Å²) in [4.78, 5) is 11.4. The quantitative estimate of drug-likeness (QED) is 0.399. The van der Waals surface area contributed by atoms with Crippen LogP contribution in [-0.4, -0.2) is 25.6 Å². The maximum Gasteiger partial charge on any atom is 0.167 e. The van der Waals surface area contributed by atoms with Crippen LogP contribution in [0.25, 0.3) is 0 Å². The summed E-state index contributed by atoms with van der Waals surface area (Å²) in [5, 5.41) is 0. The molecule has 2 nitrogen and oxygen atoms in total. The molecule has 1 fully saturated rings. The molecule has 0 saturated carbocycles. The Morgan fingerprint density at radius 3 is 2.06 bits per heavy atom. The van der Waals surface area contributed by atoms with Crippen molar-refractivity contribution >= 4 is 13.9 Å². The van der Waals surface area contributed by atoms with E-state index in [1.807, 2.05) is 0 Å². The van der Waals surface area contributed by atoms with Crippen molar-refractivity contribution in [2.45, 2.75) is 59.0 Å². The fourth-order valence-electron chi connectivity index (χ4n) is 1.65. The fraction of sp³-hybridized carbons (Fsp3) is 0.769. The van der Waals surface area contributed by atoms with Crippen molar-refractivity contribution in [3.63, 3.8) is 0 Å². The van der Waals surface area contributed by atoms with Gasteiger partial charge in [-0.3, -0.25) is 4.79 Å². The van der Waals surface area contributed by atoms with Gasteiger partial charge in [-0.15, -0.1) is 5.54 Å². The van der Waals surface area contributed by atoms with E-state index in [0.717, 1.165) is 0 Å². The predicted molar refractivity (Wildman–Crippen MR) is 68.9 cm³/mol. The van der Waals surface area contributed by atoms with E-state index in [1.54, 1.807) is 6.92 Å². The van der Waals surface area contributed by atoms with Crippen molar-refractivity contribution in [3.8, 4) is 11.5 Å². The number of carbonyl (C=O) groups excluding carboxylic acids is 1. The monoisotopic (exact) mass is 238 g/mol. The van der Waals surface area contributed by atoms with Gasteiger partial charge < -0.3 is 4.74 Å². The molecule has 16 heavy (non-hydrogen) atoms. The van der Waals surface area contributed by atoms with Crippen LogP contribution in [0.4, 0.5) is 0 Å². The van der Waals surface area contributed by atoms with E-state index < -0.39 is 13.7 Å². The zero-order valence-electron chi connectivity index (χ0n) is 11.4. The molecule has 0 amide bonds. The van der Waals surface area contributed by atoms with Gasteiger partial charge in [-0.25, -0.2) is 0 Å². The predicted octanol–water partition coefficient (Wildman–Crippen LogP) is 2.64. The lowest BCUT2D eigenvalue weighted by molar-refractivity contribution is -0.118. The lowest BCUT2D eigenvalue weighted by atomic mass is 9.78. The van der Waals surface area contributed by atoms with E-state index in [2.05, 4.69) is 51.9 Å². The minimum Gasteiger partial charge on any atom is -0.343 e. The van der Waals surface area contributed by atoms with E-state index in [0.29, 0.717) is 0 Å². The largest absolute Gasteiger partial charge is 0.343 e. The maximum absolute atomic E-state index is 11.4. The molecule has 3 heteroatoms. The molecule has 0 bridgehead atoms. The van der Waals surface area contributed by atoms with Gasteiger partial charge in [0.25, 0.3) is 0 Å². The second kappa shape index (κ2) is 3.71. The van der Waals surface area contributed by atoms with E-state index in [1.165, 1.54) is 0 Å². The summed E-state index contributed by atoms with van der Waals surface area (Å²) in [6.07, 6.45) is -0.323. The molecule has 0 radical (unpaired) electrons. The van der Waals surface area contributed by atoms with Crippen molar-refractivity contribution in [1.82, 2.24) is 0 Å². The zero-order valence-corrected chi connectivity index (χ0v) is 12.4. The Morgan fingerprint density at radius 1 is 1.31 bits per heavy atom. The van der Waals surface area contributed by atoms with Crippen LogP contribution in [0.15, 0.2) is 0 Å². The summed E-state index contributed by atoms with van der Waals surface area (Å²) in [6.45, 7) is 14.4. The first-order chi connectivity index (χ1) is 7.00. The first-order valence-corrected chi connectivity index (χ1v) is 9.22. The van der Waals surface area contributed by atoms with Crippen molar-refractivity contribution in [1.29, 1.82) is 0 Å². The van der Waals surface area contributed by atoms with E-state index in [-0.39, 0.29) is 17.3 Å². The summed E-state index contributed by atoms with van der Waals surface area (Å²) in [6, 6.07) is 0. The average molecular weight is 238 g/mol. The van der Waals surface area contributed by atoms with Gasteiger partial charge >= 0.3 is 0 Å². The summed E-state index contributed by atoms with van der Waals surface area (Å²) < 4.78 is 5.62. The van der Waals surface area contributed by atoms with Crippen LogP contribution in [-0.2, 0) is 9.53 Å². The van der Waals surface area contributed by atoms with Gasteiger partial charge in [0, 0.05) is 5.41 Å². The number of Topliss-reactive ketones (excluding diaryl/α,β-unsaturated/α-hetero) is 1. The van der Waals surface area contributed by atoms with Gasteiger partial charge in [0.05, 0.1) is 0 Å². The van der Waals surface area contributed by atoms with Crippen LogP contribution < -0.4 is 0 Å². The molecule has 1 saturated heterocycles. The van der Waals surface area contributed by atoms with Gasteiger partial charge in [-0.05, 0) is 6.92 Å². The first-order valence-electron chi connectivity index (χ1n) is 5.72. The highest BCUT2D eigenvalue weighted by molar-refractivity contribution is 6.83. The Labute approximate surface area is 99.8 Å². The number of hydrogen-bond acceptors (Lipinski definition) is 2. The highest BCUT2D eigenvalue weighted by Crippen LogP contribution is 2.50. The SMILES string of the molecule is CC(=O)[C@H]1O[C@]1(C#C[Si](C)(C)C)C(C)(C)C. The highest BCUT2D eigenvalue weighted by atomic mass is 28.3. The number of epoxide rings is 1.